The van der Waals surface area contributed by atoms with Gasteiger partial charge < -0.3 is 29.5 Å². The van der Waals surface area contributed by atoms with Crippen LogP contribution in [0.1, 0.15) is 27.2 Å². The second-order valence-corrected chi connectivity index (χ2v) is 4.90. The molecule has 1 atom stereocenters. The van der Waals surface area contributed by atoms with Crippen LogP contribution in [0.2, 0.25) is 0 Å². The van der Waals surface area contributed by atoms with Crippen LogP contribution in [0, 0.1) is 5.41 Å². The summed E-state index contributed by atoms with van der Waals surface area (Å²) in [7, 11) is 0. The molecule has 0 spiro atoms. The van der Waals surface area contributed by atoms with E-state index in [1.165, 1.54) is 0 Å². The highest BCUT2D eigenvalue weighted by molar-refractivity contribution is 5.81. The number of ether oxygens (including phenoxy) is 3. The van der Waals surface area contributed by atoms with Gasteiger partial charge >= 0.3 is 5.97 Å². The van der Waals surface area contributed by atoms with Gasteiger partial charge in [-0.25, -0.2) is 4.79 Å². The van der Waals surface area contributed by atoms with E-state index in [0.29, 0.717) is 19.6 Å². The number of esters is 1. The number of carbonyl (C=O) groups excluding carboxylic acids is 1. The van der Waals surface area contributed by atoms with Crippen molar-refractivity contribution < 1.29 is 34.3 Å². The van der Waals surface area contributed by atoms with Crippen molar-refractivity contribution in [2.45, 2.75) is 33.3 Å². The first-order valence-electron chi connectivity index (χ1n) is 7.80. The fraction of sp³-hybridized carbons (Fsp3) is 0.812. The minimum Gasteiger partial charge on any atom is -0.460 e. The van der Waals surface area contributed by atoms with Crippen LogP contribution >= 0.6 is 0 Å². The quantitative estimate of drug-likeness (QED) is 0.320. The Morgan fingerprint density at radius 1 is 1.22 bits per heavy atom. The van der Waals surface area contributed by atoms with E-state index in [2.05, 4.69) is 11.3 Å². The number of carbonyl (C=O) groups is 1. The average molecular weight is 336 g/mol. The van der Waals surface area contributed by atoms with Crippen molar-refractivity contribution in [3.05, 3.63) is 12.7 Å². The zero-order chi connectivity index (χ0) is 18.1. The van der Waals surface area contributed by atoms with E-state index in [0.717, 1.165) is 19.3 Å². The number of rotatable bonds is 9. The van der Waals surface area contributed by atoms with Crippen LogP contribution in [0.15, 0.2) is 12.7 Å². The molecule has 1 saturated heterocycles. The molecule has 0 aromatic heterocycles. The van der Waals surface area contributed by atoms with E-state index in [-0.39, 0.29) is 31.9 Å². The minimum atomic E-state index is -0.667. The third kappa shape index (κ3) is 14.3. The van der Waals surface area contributed by atoms with E-state index < -0.39 is 5.41 Å². The highest BCUT2D eigenvalue weighted by Crippen LogP contribution is 2.18. The van der Waals surface area contributed by atoms with Gasteiger partial charge in [-0.15, -0.1) is 0 Å². The summed E-state index contributed by atoms with van der Waals surface area (Å²) in [6.07, 6.45) is 1.88. The zero-order valence-corrected chi connectivity index (χ0v) is 14.5. The molecule has 1 aliphatic rings. The van der Waals surface area contributed by atoms with Crippen molar-refractivity contribution in [3.8, 4) is 0 Å². The predicted octanol–water partition coefficient (Wildman–Crippen LogP) is 0.517. The first-order valence-corrected chi connectivity index (χ1v) is 7.80. The SMILES string of the molecule is C=CC(=O)OCC1CO1.CCC(CO)(CO)CO.CCOCC. The largest absolute Gasteiger partial charge is 0.460 e. The Morgan fingerprint density at radius 2 is 1.70 bits per heavy atom. The predicted molar refractivity (Wildman–Crippen MR) is 87.0 cm³/mol. The van der Waals surface area contributed by atoms with Gasteiger partial charge in [-0.05, 0) is 20.3 Å². The lowest BCUT2D eigenvalue weighted by atomic mass is 9.88. The summed E-state index contributed by atoms with van der Waals surface area (Å²) in [5, 5.41) is 26.0. The van der Waals surface area contributed by atoms with E-state index in [9.17, 15) is 4.79 Å². The molecule has 1 rings (SSSR count). The summed E-state index contributed by atoms with van der Waals surface area (Å²) in [5.41, 5.74) is -0.667. The summed E-state index contributed by atoms with van der Waals surface area (Å²) < 4.78 is 14.3. The summed E-state index contributed by atoms with van der Waals surface area (Å²) in [6.45, 7) is 11.3. The van der Waals surface area contributed by atoms with Gasteiger partial charge in [0.15, 0.2) is 0 Å². The zero-order valence-electron chi connectivity index (χ0n) is 14.5. The van der Waals surface area contributed by atoms with Crippen molar-refractivity contribution in [2.75, 3.05) is 46.2 Å². The Bertz CT molecular complexity index is 267. The maximum absolute atomic E-state index is 10.3. The van der Waals surface area contributed by atoms with Crippen LogP contribution in [-0.4, -0.2) is 73.6 Å². The Hall–Kier alpha value is -0.990. The van der Waals surface area contributed by atoms with Gasteiger partial charge in [0, 0.05) is 24.7 Å². The van der Waals surface area contributed by atoms with E-state index in [1.807, 2.05) is 20.8 Å². The first-order chi connectivity index (χ1) is 11.0. The molecule has 0 aromatic rings. The molecule has 7 nitrogen and oxygen atoms in total. The van der Waals surface area contributed by atoms with Crippen molar-refractivity contribution in [1.29, 1.82) is 0 Å². The number of aliphatic hydroxyl groups excluding tert-OH is 3. The molecule has 0 saturated carbocycles. The lowest BCUT2D eigenvalue weighted by Crippen LogP contribution is -2.32. The smallest absolute Gasteiger partial charge is 0.330 e. The third-order valence-corrected chi connectivity index (χ3v) is 3.14. The van der Waals surface area contributed by atoms with Gasteiger partial charge in [0.25, 0.3) is 0 Å². The molecule has 23 heavy (non-hydrogen) atoms. The molecular formula is C16H32O7. The van der Waals surface area contributed by atoms with E-state index in [1.54, 1.807) is 0 Å². The monoisotopic (exact) mass is 336 g/mol. The Balaban J connectivity index is 0. The molecule has 138 valence electrons. The van der Waals surface area contributed by atoms with Gasteiger partial charge in [-0.1, -0.05) is 13.5 Å². The number of aliphatic hydroxyl groups is 3. The summed E-state index contributed by atoms with van der Waals surface area (Å²) >= 11 is 0. The van der Waals surface area contributed by atoms with Gasteiger partial charge in [-0.3, -0.25) is 0 Å². The van der Waals surface area contributed by atoms with Crippen molar-refractivity contribution in [2.24, 2.45) is 5.41 Å². The Kier molecular flexibility index (Phi) is 16.8. The van der Waals surface area contributed by atoms with Crippen LogP contribution in [0.25, 0.3) is 0 Å². The molecule has 7 heteroatoms. The maximum Gasteiger partial charge on any atom is 0.330 e. The summed E-state index contributed by atoms with van der Waals surface area (Å²) in [4.78, 5) is 10.3. The molecule has 1 aliphatic heterocycles. The second-order valence-electron chi connectivity index (χ2n) is 4.90. The molecule has 0 amide bonds. The molecule has 1 fully saturated rings. The lowest BCUT2D eigenvalue weighted by Gasteiger charge is -2.24. The van der Waals surface area contributed by atoms with Crippen LogP contribution in [-0.2, 0) is 19.0 Å². The summed E-state index contributed by atoms with van der Waals surface area (Å²) in [5.74, 6) is -0.384. The minimum absolute atomic E-state index is 0.147. The van der Waals surface area contributed by atoms with Gasteiger partial charge in [-0.2, -0.15) is 0 Å². The average Bonchev–Trinajstić information content (AvgIpc) is 3.41. The molecule has 0 radical (unpaired) electrons. The van der Waals surface area contributed by atoms with E-state index >= 15 is 0 Å². The van der Waals surface area contributed by atoms with Crippen molar-refractivity contribution in [3.63, 3.8) is 0 Å². The molecule has 1 unspecified atom stereocenters. The van der Waals surface area contributed by atoms with E-state index in [4.69, 9.17) is 24.8 Å². The van der Waals surface area contributed by atoms with Gasteiger partial charge in [0.1, 0.15) is 12.7 Å². The normalized spacial score (nSPS) is 15.5. The number of epoxide rings is 1. The molecule has 1 heterocycles. The van der Waals surface area contributed by atoms with Gasteiger partial charge in [0.2, 0.25) is 0 Å². The van der Waals surface area contributed by atoms with Gasteiger partial charge in [0.05, 0.1) is 26.4 Å². The molecule has 0 bridgehead atoms. The van der Waals surface area contributed by atoms with Crippen LogP contribution in [0.5, 0.6) is 0 Å². The van der Waals surface area contributed by atoms with Crippen LogP contribution < -0.4 is 0 Å². The van der Waals surface area contributed by atoms with Crippen LogP contribution in [0.4, 0.5) is 0 Å². The first kappa shape index (κ1) is 24.3. The molecule has 0 aliphatic carbocycles. The fourth-order valence-electron chi connectivity index (χ4n) is 1.09. The van der Waals surface area contributed by atoms with Crippen molar-refractivity contribution >= 4 is 5.97 Å². The van der Waals surface area contributed by atoms with Crippen molar-refractivity contribution in [1.82, 2.24) is 0 Å². The number of hydrogen-bond acceptors (Lipinski definition) is 7. The topological polar surface area (TPSA) is 109 Å². The molecule has 0 aromatic carbocycles. The fourth-order valence-corrected chi connectivity index (χ4v) is 1.09. The molecular weight excluding hydrogens is 304 g/mol. The Morgan fingerprint density at radius 3 is 1.87 bits per heavy atom. The third-order valence-electron chi connectivity index (χ3n) is 3.14. The summed E-state index contributed by atoms with van der Waals surface area (Å²) in [6, 6.07) is 0. The standard InChI is InChI=1S/C6H8O3.C6H14O3.C4H10O/c1-2-6(7)9-4-5-3-8-5;1-2-6(3-7,4-8)5-9;1-3-5-4-2/h2,5H,1,3-4H2;7-9H,2-5H2,1H3;3-4H2,1-2H3. The molecule has 3 N–H and O–H groups in total. The number of hydrogen-bond donors (Lipinski definition) is 3. The highest BCUT2D eigenvalue weighted by Gasteiger charge is 2.25. The Labute approximate surface area is 138 Å². The lowest BCUT2D eigenvalue weighted by molar-refractivity contribution is -0.138. The second kappa shape index (κ2) is 15.9. The highest BCUT2D eigenvalue weighted by atomic mass is 16.6. The maximum atomic E-state index is 10.3. The van der Waals surface area contributed by atoms with Crippen LogP contribution in [0.3, 0.4) is 0 Å².